The van der Waals surface area contributed by atoms with Crippen molar-refractivity contribution in [2.75, 3.05) is 6.61 Å². The van der Waals surface area contributed by atoms with Crippen molar-refractivity contribution in [3.63, 3.8) is 0 Å². The summed E-state index contributed by atoms with van der Waals surface area (Å²) in [6.45, 7) is 3.53. The maximum absolute atomic E-state index is 13.3. The minimum Gasteiger partial charge on any atom is -0.490 e. The fourth-order valence-electron chi connectivity index (χ4n) is 3.97. The number of carboxylic acids is 1. The number of carbonyl (C=O) groups excluding carboxylic acids is 1. The van der Waals surface area contributed by atoms with Crippen LogP contribution in [0, 0.1) is 11.8 Å². The third-order valence-electron chi connectivity index (χ3n) is 5.77. The Hall–Kier alpha value is -4.54. The molecule has 0 unspecified atom stereocenters. The number of aliphatic hydroxyl groups is 1. The van der Waals surface area contributed by atoms with Gasteiger partial charge >= 0.3 is 5.97 Å². The van der Waals surface area contributed by atoms with Crippen LogP contribution in [0.1, 0.15) is 51.3 Å². The van der Waals surface area contributed by atoms with Crippen molar-refractivity contribution in [3.05, 3.63) is 101 Å². The van der Waals surface area contributed by atoms with Crippen molar-refractivity contribution in [1.29, 1.82) is 0 Å². The van der Waals surface area contributed by atoms with E-state index in [0.717, 1.165) is 16.5 Å². The number of carboxylic acid groups (broad SMARTS) is 1. The molecule has 7 nitrogen and oxygen atoms in total. The molecule has 0 fully saturated rings. The van der Waals surface area contributed by atoms with Crippen LogP contribution in [0.2, 0.25) is 0 Å². The second-order valence-corrected chi connectivity index (χ2v) is 8.93. The lowest BCUT2D eigenvalue weighted by atomic mass is 10.0. The third kappa shape index (κ3) is 6.37. The molecule has 0 bridgehead atoms. The van der Waals surface area contributed by atoms with Crippen molar-refractivity contribution in [2.24, 2.45) is 0 Å². The largest absolute Gasteiger partial charge is 0.490 e. The van der Waals surface area contributed by atoms with Gasteiger partial charge in [0.1, 0.15) is 5.75 Å². The van der Waals surface area contributed by atoms with E-state index in [-0.39, 0.29) is 24.2 Å². The van der Waals surface area contributed by atoms with E-state index in [2.05, 4.69) is 22.1 Å². The topological polar surface area (TPSA) is 112 Å². The van der Waals surface area contributed by atoms with E-state index < -0.39 is 12.0 Å². The van der Waals surface area contributed by atoms with E-state index in [4.69, 9.17) is 9.84 Å². The SMILES string of the molecule is CC(C)Oc1ccc(C#Cc2ccc(C(=O)O)cc2)cc1C(=O)N[C@@H](CO)Cc1c[nH]c2ccccc12. The summed E-state index contributed by atoms with van der Waals surface area (Å²) in [6.07, 6.45) is 2.21. The molecular formula is C30H28N2O5. The van der Waals surface area contributed by atoms with Gasteiger partial charge in [-0.2, -0.15) is 0 Å². The molecule has 4 rings (SSSR count). The molecule has 1 atom stereocenters. The van der Waals surface area contributed by atoms with Crippen LogP contribution in [0.4, 0.5) is 0 Å². The molecule has 1 heterocycles. The second-order valence-electron chi connectivity index (χ2n) is 8.93. The fourth-order valence-corrected chi connectivity index (χ4v) is 3.97. The van der Waals surface area contributed by atoms with Crippen LogP contribution >= 0.6 is 0 Å². The van der Waals surface area contributed by atoms with Crippen molar-refractivity contribution in [1.82, 2.24) is 10.3 Å². The number of nitrogens with one attached hydrogen (secondary N) is 2. The van der Waals surface area contributed by atoms with Gasteiger partial charge in [-0.05, 0) is 74.4 Å². The van der Waals surface area contributed by atoms with E-state index >= 15 is 0 Å². The predicted octanol–water partition coefficient (Wildman–Crippen LogP) is 4.39. The number of aromatic nitrogens is 1. The van der Waals surface area contributed by atoms with Gasteiger partial charge in [-0.1, -0.05) is 30.0 Å². The number of fused-ring (bicyclic) bond motifs is 1. The number of amides is 1. The number of carbonyl (C=O) groups is 2. The van der Waals surface area contributed by atoms with Crippen molar-refractivity contribution < 1.29 is 24.5 Å². The van der Waals surface area contributed by atoms with Gasteiger partial charge in [0.25, 0.3) is 5.91 Å². The zero-order chi connectivity index (χ0) is 26.4. The van der Waals surface area contributed by atoms with E-state index in [1.165, 1.54) is 12.1 Å². The Morgan fingerprint density at radius 1 is 1.00 bits per heavy atom. The lowest BCUT2D eigenvalue weighted by Gasteiger charge is -2.19. The summed E-state index contributed by atoms with van der Waals surface area (Å²) in [7, 11) is 0. The van der Waals surface area contributed by atoms with Gasteiger partial charge in [0.05, 0.1) is 29.9 Å². The normalized spacial score (nSPS) is 11.6. The smallest absolute Gasteiger partial charge is 0.335 e. The molecule has 4 aromatic rings. The Labute approximate surface area is 215 Å². The van der Waals surface area contributed by atoms with Crippen molar-refractivity contribution >= 4 is 22.8 Å². The zero-order valence-electron chi connectivity index (χ0n) is 20.6. The molecule has 1 aromatic heterocycles. The number of para-hydroxylation sites is 1. The predicted molar refractivity (Wildman–Crippen MR) is 142 cm³/mol. The first-order chi connectivity index (χ1) is 17.8. The van der Waals surface area contributed by atoms with E-state index in [1.54, 1.807) is 30.3 Å². The number of aromatic amines is 1. The van der Waals surface area contributed by atoms with Gasteiger partial charge in [-0.15, -0.1) is 0 Å². The molecule has 0 saturated heterocycles. The first kappa shape index (κ1) is 25.5. The van der Waals surface area contributed by atoms with Crippen LogP contribution in [-0.2, 0) is 6.42 Å². The lowest BCUT2D eigenvalue weighted by molar-refractivity contribution is 0.0696. The number of benzene rings is 3. The quantitative estimate of drug-likeness (QED) is 0.271. The highest BCUT2D eigenvalue weighted by Gasteiger charge is 2.19. The highest BCUT2D eigenvalue weighted by atomic mass is 16.5. The Kier molecular flexibility index (Phi) is 7.92. The molecular weight excluding hydrogens is 468 g/mol. The monoisotopic (exact) mass is 496 g/mol. The lowest BCUT2D eigenvalue weighted by Crippen LogP contribution is -2.39. The summed E-state index contributed by atoms with van der Waals surface area (Å²) in [5, 5.41) is 23.0. The van der Waals surface area contributed by atoms with Crippen LogP contribution in [0.3, 0.4) is 0 Å². The molecule has 0 aliphatic carbocycles. The maximum atomic E-state index is 13.3. The number of H-pyrrole nitrogens is 1. The minimum atomic E-state index is -0.998. The fraction of sp³-hybridized carbons (Fsp3) is 0.200. The number of hydrogen-bond donors (Lipinski definition) is 4. The standard InChI is InChI=1S/C30H28N2O5/c1-19(2)37-28-14-11-21(8-7-20-9-12-22(13-10-20)30(35)36)15-26(28)29(34)32-24(18-33)16-23-17-31-27-6-4-3-5-25(23)27/h3-6,9-15,17,19,24,31,33H,16,18H2,1-2H3,(H,32,34)(H,35,36)/t24-/m1/s1. The van der Waals surface area contributed by atoms with Crippen LogP contribution in [0.25, 0.3) is 10.9 Å². The van der Waals surface area contributed by atoms with Crippen molar-refractivity contribution in [3.8, 4) is 17.6 Å². The third-order valence-corrected chi connectivity index (χ3v) is 5.77. The Morgan fingerprint density at radius 3 is 2.41 bits per heavy atom. The first-order valence-electron chi connectivity index (χ1n) is 12.0. The summed E-state index contributed by atoms with van der Waals surface area (Å²) in [6, 6.07) is 18.8. The molecule has 0 radical (unpaired) electrons. The van der Waals surface area contributed by atoms with Crippen LogP contribution in [-0.4, -0.2) is 45.8 Å². The van der Waals surface area contributed by atoms with Crippen LogP contribution < -0.4 is 10.1 Å². The Balaban J connectivity index is 1.56. The number of hydrogen-bond acceptors (Lipinski definition) is 4. The molecule has 4 N–H and O–H groups in total. The number of aromatic carboxylic acids is 1. The molecule has 7 heteroatoms. The van der Waals surface area contributed by atoms with Gasteiger partial charge in [-0.25, -0.2) is 4.79 Å². The number of ether oxygens (including phenoxy) is 1. The van der Waals surface area contributed by atoms with E-state index in [1.807, 2.05) is 44.3 Å². The zero-order valence-corrected chi connectivity index (χ0v) is 20.6. The molecule has 0 aliphatic rings. The molecule has 1 amide bonds. The summed E-state index contributed by atoms with van der Waals surface area (Å²) in [5.74, 6) is 5.07. The number of aliphatic hydroxyl groups excluding tert-OH is 1. The van der Waals surface area contributed by atoms with Crippen LogP contribution in [0.5, 0.6) is 5.75 Å². The molecule has 37 heavy (non-hydrogen) atoms. The van der Waals surface area contributed by atoms with Crippen molar-refractivity contribution in [2.45, 2.75) is 32.4 Å². The molecule has 188 valence electrons. The molecule has 0 aliphatic heterocycles. The summed E-state index contributed by atoms with van der Waals surface area (Å²) < 4.78 is 5.87. The summed E-state index contributed by atoms with van der Waals surface area (Å²) in [4.78, 5) is 27.6. The number of rotatable bonds is 8. The maximum Gasteiger partial charge on any atom is 0.335 e. The van der Waals surface area contributed by atoms with E-state index in [0.29, 0.717) is 28.9 Å². The van der Waals surface area contributed by atoms with Gasteiger partial charge < -0.3 is 25.3 Å². The van der Waals surface area contributed by atoms with E-state index in [9.17, 15) is 14.7 Å². The highest BCUT2D eigenvalue weighted by Crippen LogP contribution is 2.23. The molecule has 3 aromatic carbocycles. The first-order valence-corrected chi connectivity index (χ1v) is 12.0. The summed E-state index contributed by atoms with van der Waals surface area (Å²) in [5.41, 5.74) is 3.75. The van der Waals surface area contributed by atoms with Gasteiger partial charge in [0, 0.05) is 28.2 Å². The molecule has 0 spiro atoms. The molecule has 0 saturated carbocycles. The summed E-state index contributed by atoms with van der Waals surface area (Å²) >= 11 is 0. The van der Waals surface area contributed by atoms with Gasteiger partial charge in [0.15, 0.2) is 0 Å². The van der Waals surface area contributed by atoms with Crippen LogP contribution in [0.15, 0.2) is 72.9 Å². The Morgan fingerprint density at radius 2 is 1.70 bits per heavy atom. The van der Waals surface area contributed by atoms with Gasteiger partial charge in [-0.3, -0.25) is 4.79 Å². The Bertz CT molecular complexity index is 1480. The average molecular weight is 497 g/mol. The highest BCUT2D eigenvalue weighted by molar-refractivity contribution is 5.97. The van der Waals surface area contributed by atoms with Gasteiger partial charge in [0.2, 0.25) is 0 Å². The average Bonchev–Trinajstić information content (AvgIpc) is 3.30. The minimum absolute atomic E-state index is 0.143. The second kappa shape index (κ2) is 11.5.